The van der Waals surface area contributed by atoms with Crippen molar-refractivity contribution in [2.45, 2.75) is 12.8 Å². The van der Waals surface area contributed by atoms with Crippen LogP contribution in [0.2, 0.25) is 0 Å². The van der Waals surface area contributed by atoms with Gasteiger partial charge in [0.15, 0.2) is 5.82 Å². The molecule has 3 aromatic rings. The highest BCUT2D eigenvalue weighted by molar-refractivity contribution is 5.73. The summed E-state index contributed by atoms with van der Waals surface area (Å²) in [6, 6.07) is 18.7. The number of aromatic nitrogens is 3. The summed E-state index contributed by atoms with van der Waals surface area (Å²) in [6.45, 7) is 4.07. The summed E-state index contributed by atoms with van der Waals surface area (Å²) in [5.41, 5.74) is 3.44. The Morgan fingerprint density at radius 1 is 0.966 bits per heavy atom. The van der Waals surface area contributed by atoms with Crippen LogP contribution in [0.15, 0.2) is 60.8 Å². The van der Waals surface area contributed by atoms with Crippen molar-refractivity contribution >= 4 is 23.1 Å². The smallest absolute Gasteiger partial charge is 0.249 e. The topological polar surface area (TPSA) is 75.2 Å². The van der Waals surface area contributed by atoms with Crippen LogP contribution in [0.4, 0.5) is 23.1 Å². The fourth-order valence-corrected chi connectivity index (χ4v) is 3.38. The molecule has 2 N–H and O–H groups in total. The Bertz CT molecular complexity index is 899. The van der Waals surface area contributed by atoms with Gasteiger partial charge in [-0.25, -0.2) is 0 Å². The van der Waals surface area contributed by atoms with E-state index >= 15 is 0 Å². The molecule has 7 nitrogen and oxygen atoms in total. The van der Waals surface area contributed by atoms with E-state index in [9.17, 15) is 0 Å². The quantitative estimate of drug-likeness (QED) is 0.570. The molecule has 0 radical (unpaired) electrons. The summed E-state index contributed by atoms with van der Waals surface area (Å²) in [7, 11) is 0. The first-order chi connectivity index (χ1) is 14.4. The Morgan fingerprint density at radius 3 is 2.62 bits per heavy atom. The Morgan fingerprint density at radius 2 is 1.76 bits per heavy atom. The lowest BCUT2D eigenvalue weighted by Crippen LogP contribution is -2.36. The van der Waals surface area contributed by atoms with Crippen molar-refractivity contribution in [3.63, 3.8) is 0 Å². The van der Waals surface area contributed by atoms with E-state index in [0.717, 1.165) is 62.9 Å². The molecule has 0 aliphatic carbocycles. The van der Waals surface area contributed by atoms with Crippen LogP contribution in [0, 0.1) is 0 Å². The molecule has 0 spiro atoms. The molecule has 1 fully saturated rings. The Kier molecular flexibility index (Phi) is 6.49. The number of hydrogen-bond acceptors (Lipinski definition) is 7. The van der Waals surface area contributed by atoms with Crippen molar-refractivity contribution in [2.24, 2.45) is 0 Å². The van der Waals surface area contributed by atoms with Crippen LogP contribution in [0.25, 0.3) is 0 Å². The monoisotopic (exact) mass is 390 g/mol. The van der Waals surface area contributed by atoms with Gasteiger partial charge in [0.25, 0.3) is 0 Å². The predicted octanol–water partition coefficient (Wildman–Crippen LogP) is 3.50. The maximum atomic E-state index is 5.46. The van der Waals surface area contributed by atoms with Crippen molar-refractivity contribution in [1.82, 2.24) is 15.2 Å². The number of rotatable bonds is 8. The molecule has 29 heavy (non-hydrogen) atoms. The number of para-hydroxylation sites is 2. The van der Waals surface area contributed by atoms with Gasteiger partial charge in [-0.3, -0.25) is 0 Å². The Balaban J connectivity index is 1.35. The maximum absolute atomic E-state index is 5.46. The predicted molar refractivity (Wildman–Crippen MR) is 116 cm³/mol. The SMILES string of the molecule is c1ccc(CCCNc2cnnc(Nc3ccccc3N3CCOCC3)n2)cc1. The van der Waals surface area contributed by atoms with Gasteiger partial charge in [-0.05, 0) is 30.5 Å². The maximum Gasteiger partial charge on any atom is 0.249 e. The normalized spacial score (nSPS) is 13.9. The second-order valence-corrected chi connectivity index (χ2v) is 6.92. The van der Waals surface area contributed by atoms with E-state index in [1.54, 1.807) is 6.20 Å². The van der Waals surface area contributed by atoms with E-state index in [0.29, 0.717) is 5.95 Å². The molecular formula is C22H26N6O. The molecule has 1 aliphatic heterocycles. The fourth-order valence-electron chi connectivity index (χ4n) is 3.38. The molecule has 2 aromatic carbocycles. The third-order valence-corrected chi connectivity index (χ3v) is 4.85. The first-order valence-electron chi connectivity index (χ1n) is 10.0. The number of hydrogen-bond donors (Lipinski definition) is 2. The largest absolute Gasteiger partial charge is 0.378 e. The van der Waals surface area contributed by atoms with Gasteiger partial charge in [-0.2, -0.15) is 10.1 Å². The Hall–Kier alpha value is -3.19. The lowest BCUT2D eigenvalue weighted by atomic mass is 10.1. The van der Waals surface area contributed by atoms with Crippen molar-refractivity contribution in [3.05, 3.63) is 66.4 Å². The molecule has 1 aliphatic rings. The zero-order chi connectivity index (χ0) is 19.7. The van der Waals surface area contributed by atoms with Crippen LogP contribution in [0.3, 0.4) is 0 Å². The molecule has 0 saturated carbocycles. The van der Waals surface area contributed by atoms with E-state index in [2.05, 4.69) is 61.0 Å². The van der Waals surface area contributed by atoms with Gasteiger partial charge < -0.3 is 20.3 Å². The average molecular weight is 390 g/mol. The van der Waals surface area contributed by atoms with Gasteiger partial charge in [-0.1, -0.05) is 42.5 Å². The van der Waals surface area contributed by atoms with Crippen molar-refractivity contribution in [3.8, 4) is 0 Å². The molecule has 0 atom stereocenters. The van der Waals surface area contributed by atoms with Gasteiger partial charge in [0.05, 0.1) is 30.8 Å². The minimum atomic E-state index is 0.485. The van der Waals surface area contributed by atoms with Crippen LogP contribution >= 0.6 is 0 Å². The average Bonchev–Trinajstić information content (AvgIpc) is 2.79. The van der Waals surface area contributed by atoms with Crippen molar-refractivity contribution < 1.29 is 4.74 Å². The van der Waals surface area contributed by atoms with Crippen LogP contribution in [-0.4, -0.2) is 48.0 Å². The van der Waals surface area contributed by atoms with Crippen LogP contribution in [-0.2, 0) is 11.2 Å². The van der Waals surface area contributed by atoms with E-state index in [4.69, 9.17) is 4.74 Å². The summed E-state index contributed by atoms with van der Waals surface area (Å²) in [5.74, 6) is 1.21. The summed E-state index contributed by atoms with van der Waals surface area (Å²) in [6.07, 6.45) is 3.71. The number of nitrogens with one attached hydrogen (secondary N) is 2. The van der Waals surface area contributed by atoms with E-state index < -0.39 is 0 Å². The summed E-state index contributed by atoms with van der Waals surface area (Å²) in [4.78, 5) is 6.87. The van der Waals surface area contributed by atoms with E-state index in [1.165, 1.54) is 5.56 Å². The number of benzene rings is 2. The van der Waals surface area contributed by atoms with Crippen LogP contribution in [0.5, 0.6) is 0 Å². The number of morpholine rings is 1. The number of ether oxygens (including phenoxy) is 1. The molecule has 0 bridgehead atoms. The number of aryl methyl sites for hydroxylation is 1. The summed E-state index contributed by atoms with van der Waals surface area (Å²) < 4.78 is 5.46. The second-order valence-electron chi connectivity index (χ2n) is 6.92. The van der Waals surface area contributed by atoms with E-state index in [1.807, 2.05) is 24.3 Å². The molecule has 4 rings (SSSR count). The highest BCUT2D eigenvalue weighted by Crippen LogP contribution is 2.28. The van der Waals surface area contributed by atoms with Gasteiger partial charge in [0.2, 0.25) is 5.95 Å². The zero-order valence-electron chi connectivity index (χ0n) is 16.4. The van der Waals surface area contributed by atoms with Crippen LogP contribution in [0.1, 0.15) is 12.0 Å². The lowest BCUT2D eigenvalue weighted by Gasteiger charge is -2.30. The summed E-state index contributed by atoms with van der Waals surface area (Å²) >= 11 is 0. The minimum absolute atomic E-state index is 0.485. The second kappa shape index (κ2) is 9.84. The molecule has 0 amide bonds. The lowest BCUT2D eigenvalue weighted by molar-refractivity contribution is 0.123. The molecule has 1 aromatic heterocycles. The molecule has 7 heteroatoms. The third-order valence-electron chi connectivity index (χ3n) is 4.85. The summed E-state index contributed by atoms with van der Waals surface area (Å²) in [5, 5.41) is 14.9. The zero-order valence-corrected chi connectivity index (χ0v) is 16.4. The molecule has 150 valence electrons. The minimum Gasteiger partial charge on any atom is -0.378 e. The fraction of sp³-hybridized carbons (Fsp3) is 0.318. The van der Waals surface area contributed by atoms with Gasteiger partial charge >= 0.3 is 0 Å². The van der Waals surface area contributed by atoms with Gasteiger partial charge in [0.1, 0.15) is 0 Å². The standard InChI is InChI=1S/C22H26N6O/c1-2-7-18(8-3-1)9-6-12-23-21-17-24-27-22(26-21)25-19-10-4-5-11-20(19)28-13-15-29-16-14-28/h1-5,7-8,10-11,17H,6,9,12-16H2,(H2,23,25,26,27). The molecule has 1 saturated heterocycles. The van der Waals surface area contributed by atoms with Crippen LogP contribution < -0.4 is 15.5 Å². The third kappa shape index (κ3) is 5.42. The number of anilines is 4. The van der Waals surface area contributed by atoms with Crippen molar-refractivity contribution in [2.75, 3.05) is 48.4 Å². The highest BCUT2D eigenvalue weighted by Gasteiger charge is 2.15. The van der Waals surface area contributed by atoms with Gasteiger partial charge in [-0.15, -0.1) is 5.10 Å². The number of nitrogens with zero attached hydrogens (tertiary/aromatic N) is 4. The van der Waals surface area contributed by atoms with E-state index in [-0.39, 0.29) is 0 Å². The first kappa shape index (κ1) is 19.1. The van der Waals surface area contributed by atoms with Crippen molar-refractivity contribution in [1.29, 1.82) is 0 Å². The highest BCUT2D eigenvalue weighted by atomic mass is 16.5. The Labute approximate surface area is 171 Å². The van der Waals surface area contributed by atoms with Gasteiger partial charge in [0, 0.05) is 19.6 Å². The molecular weight excluding hydrogens is 364 g/mol. The molecule has 2 heterocycles. The molecule has 0 unspecified atom stereocenters. The first-order valence-corrected chi connectivity index (χ1v) is 10.0.